The van der Waals surface area contributed by atoms with E-state index in [1.807, 2.05) is 0 Å². The van der Waals surface area contributed by atoms with Gasteiger partial charge in [0.25, 0.3) is 0 Å². The summed E-state index contributed by atoms with van der Waals surface area (Å²) in [4.78, 5) is 15.1. The monoisotopic (exact) mass is 340 g/mol. The summed E-state index contributed by atoms with van der Waals surface area (Å²) in [5.74, 6) is 3.02. The molecule has 4 unspecified atom stereocenters. The van der Waals surface area contributed by atoms with Crippen molar-refractivity contribution in [3.8, 4) is 0 Å². The topological polar surface area (TPSA) is 32.3 Å². The molecular formula is C19H33ClN2O. The molecule has 3 saturated carbocycles. The third kappa shape index (κ3) is 3.56. The average molecular weight is 341 g/mol. The van der Waals surface area contributed by atoms with Crippen molar-refractivity contribution >= 4 is 18.3 Å². The van der Waals surface area contributed by atoms with E-state index in [1.165, 1.54) is 77.3 Å². The predicted molar refractivity (Wildman–Crippen MR) is 95.8 cm³/mol. The van der Waals surface area contributed by atoms with Gasteiger partial charge in [-0.3, -0.25) is 4.79 Å². The van der Waals surface area contributed by atoms with Crippen molar-refractivity contribution < 1.29 is 4.79 Å². The fraction of sp³-hybridized carbons (Fsp3) is 0.947. The van der Waals surface area contributed by atoms with Gasteiger partial charge in [-0.05, 0) is 75.8 Å². The number of carbonyl (C=O) groups is 1. The van der Waals surface area contributed by atoms with Crippen molar-refractivity contribution in [1.29, 1.82) is 0 Å². The van der Waals surface area contributed by atoms with E-state index in [9.17, 15) is 4.79 Å². The Morgan fingerprint density at radius 2 is 1.87 bits per heavy atom. The number of likely N-dealkylation sites (tertiary alicyclic amines) is 1. The van der Waals surface area contributed by atoms with Gasteiger partial charge in [-0.1, -0.05) is 19.3 Å². The molecule has 0 aromatic carbocycles. The Morgan fingerprint density at radius 3 is 2.70 bits per heavy atom. The van der Waals surface area contributed by atoms with E-state index in [2.05, 4.69) is 10.2 Å². The molecular weight excluding hydrogens is 308 g/mol. The Morgan fingerprint density at radius 1 is 1.04 bits per heavy atom. The maximum absolute atomic E-state index is 12.6. The molecule has 3 aliphatic carbocycles. The average Bonchev–Trinajstić information content (AvgIpc) is 3.01. The van der Waals surface area contributed by atoms with E-state index >= 15 is 0 Å². The van der Waals surface area contributed by atoms with Gasteiger partial charge in [-0.25, -0.2) is 0 Å². The van der Waals surface area contributed by atoms with Crippen LogP contribution in [-0.2, 0) is 4.79 Å². The van der Waals surface area contributed by atoms with Crippen molar-refractivity contribution in [3.05, 3.63) is 0 Å². The molecule has 0 aromatic heterocycles. The van der Waals surface area contributed by atoms with Crippen LogP contribution in [0.3, 0.4) is 0 Å². The molecule has 1 aliphatic heterocycles. The van der Waals surface area contributed by atoms with Gasteiger partial charge in [0.15, 0.2) is 0 Å². The minimum atomic E-state index is 0. The van der Waals surface area contributed by atoms with Crippen molar-refractivity contribution in [2.24, 2.45) is 17.8 Å². The molecule has 132 valence electrons. The zero-order valence-electron chi connectivity index (χ0n) is 14.4. The number of nitrogens with zero attached hydrogens (tertiary/aromatic N) is 1. The maximum atomic E-state index is 12.6. The second kappa shape index (κ2) is 7.31. The lowest BCUT2D eigenvalue weighted by molar-refractivity contribution is -0.125. The molecule has 4 fully saturated rings. The first-order valence-corrected chi connectivity index (χ1v) is 9.78. The minimum absolute atomic E-state index is 0. The Balaban J connectivity index is 0.00000156. The summed E-state index contributed by atoms with van der Waals surface area (Å²) in [7, 11) is 0. The standard InChI is InChI=1S/C19H32N2O.ClH/c22-18(8-12-21-10-2-1-3-11-21)20-19-9-4-5-16(14-19)15-6-7-17(19)13-15;/h15-17H,1-14H2,(H,20,22);1H. The predicted octanol–water partition coefficient (Wildman–Crippen LogP) is 3.76. The summed E-state index contributed by atoms with van der Waals surface area (Å²) in [5.41, 5.74) is 0.189. The molecule has 1 heterocycles. The van der Waals surface area contributed by atoms with Crippen molar-refractivity contribution in [2.75, 3.05) is 19.6 Å². The number of hydrogen-bond donors (Lipinski definition) is 1. The summed E-state index contributed by atoms with van der Waals surface area (Å²) < 4.78 is 0. The van der Waals surface area contributed by atoms with Crippen LogP contribution in [0.25, 0.3) is 0 Å². The molecule has 4 atom stereocenters. The number of nitrogens with one attached hydrogen (secondary N) is 1. The van der Waals surface area contributed by atoms with Crippen molar-refractivity contribution in [2.45, 2.75) is 76.2 Å². The number of fused-ring (bicyclic) bond motifs is 6. The normalized spacial score (nSPS) is 39.6. The summed E-state index contributed by atoms with van der Waals surface area (Å²) in [6, 6.07) is 0. The maximum Gasteiger partial charge on any atom is 0.221 e. The number of carbonyl (C=O) groups excluding carboxylic acids is 1. The third-order valence-corrected chi connectivity index (χ3v) is 7.24. The SMILES string of the molecule is Cl.O=C(CCN1CCCCC1)NC12CCCC(C1)C1CCC2C1. The van der Waals surface area contributed by atoms with Crippen LogP contribution in [0, 0.1) is 17.8 Å². The zero-order valence-corrected chi connectivity index (χ0v) is 15.2. The van der Waals surface area contributed by atoms with Gasteiger partial charge in [-0.15, -0.1) is 12.4 Å². The van der Waals surface area contributed by atoms with Crippen molar-refractivity contribution in [3.63, 3.8) is 0 Å². The first kappa shape index (κ1) is 17.5. The van der Waals surface area contributed by atoms with Gasteiger partial charge >= 0.3 is 0 Å². The van der Waals surface area contributed by atoms with Crippen LogP contribution in [0.5, 0.6) is 0 Å². The smallest absolute Gasteiger partial charge is 0.221 e. The van der Waals surface area contributed by atoms with Crippen LogP contribution in [-0.4, -0.2) is 36.0 Å². The van der Waals surface area contributed by atoms with E-state index in [0.717, 1.165) is 24.3 Å². The second-order valence-electron chi connectivity index (χ2n) is 8.48. The molecule has 0 spiro atoms. The van der Waals surface area contributed by atoms with Crippen LogP contribution < -0.4 is 5.32 Å². The fourth-order valence-electron chi connectivity index (χ4n) is 6.07. The Bertz CT molecular complexity index is 424. The van der Waals surface area contributed by atoms with Crippen LogP contribution in [0.15, 0.2) is 0 Å². The van der Waals surface area contributed by atoms with Crippen LogP contribution >= 0.6 is 12.4 Å². The molecule has 0 aromatic rings. The van der Waals surface area contributed by atoms with Gasteiger partial charge in [0.05, 0.1) is 0 Å². The van der Waals surface area contributed by atoms with Crippen LogP contribution in [0.2, 0.25) is 0 Å². The highest BCUT2D eigenvalue weighted by atomic mass is 35.5. The zero-order chi connectivity index (χ0) is 15.0. The Labute approximate surface area is 147 Å². The molecule has 0 radical (unpaired) electrons. The largest absolute Gasteiger partial charge is 0.350 e. The molecule has 1 saturated heterocycles. The molecule has 3 nitrogen and oxygen atoms in total. The van der Waals surface area contributed by atoms with Gasteiger partial charge < -0.3 is 10.2 Å². The van der Waals surface area contributed by atoms with Crippen LogP contribution in [0.4, 0.5) is 0 Å². The highest BCUT2D eigenvalue weighted by molar-refractivity contribution is 5.85. The number of piperidine rings is 1. The summed E-state index contributed by atoms with van der Waals surface area (Å²) in [6.07, 6.45) is 14.2. The van der Waals surface area contributed by atoms with E-state index in [-0.39, 0.29) is 17.9 Å². The second-order valence-corrected chi connectivity index (χ2v) is 8.48. The minimum Gasteiger partial charge on any atom is -0.350 e. The van der Waals surface area contributed by atoms with E-state index in [4.69, 9.17) is 0 Å². The lowest BCUT2D eigenvalue weighted by Gasteiger charge is -2.50. The quantitative estimate of drug-likeness (QED) is 0.845. The lowest BCUT2D eigenvalue weighted by atomic mass is 9.61. The van der Waals surface area contributed by atoms with Gasteiger partial charge in [-0.2, -0.15) is 0 Å². The Hall–Kier alpha value is -0.280. The lowest BCUT2D eigenvalue weighted by Crippen LogP contribution is -2.58. The van der Waals surface area contributed by atoms with E-state index in [1.54, 1.807) is 0 Å². The highest BCUT2D eigenvalue weighted by Gasteiger charge is 2.53. The van der Waals surface area contributed by atoms with Gasteiger partial charge in [0.1, 0.15) is 0 Å². The van der Waals surface area contributed by atoms with Gasteiger partial charge in [0, 0.05) is 18.5 Å². The summed E-state index contributed by atoms with van der Waals surface area (Å²) in [6.45, 7) is 3.37. The number of rotatable bonds is 4. The van der Waals surface area contributed by atoms with Crippen LogP contribution in [0.1, 0.15) is 70.6 Å². The number of amides is 1. The first-order valence-electron chi connectivity index (χ1n) is 9.78. The molecule has 1 N–H and O–H groups in total. The molecule has 4 heteroatoms. The fourth-order valence-corrected chi connectivity index (χ4v) is 6.07. The van der Waals surface area contributed by atoms with E-state index in [0.29, 0.717) is 12.3 Å². The molecule has 4 aliphatic rings. The molecule has 4 bridgehead atoms. The molecule has 23 heavy (non-hydrogen) atoms. The van der Waals surface area contributed by atoms with Crippen molar-refractivity contribution in [1.82, 2.24) is 10.2 Å². The highest BCUT2D eigenvalue weighted by Crippen LogP contribution is 2.56. The first-order chi connectivity index (χ1) is 10.8. The third-order valence-electron chi connectivity index (χ3n) is 7.24. The summed E-state index contributed by atoms with van der Waals surface area (Å²) >= 11 is 0. The molecule has 1 amide bonds. The summed E-state index contributed by atoms with van der Waals surface area (Å²) in [5, 5.41) is 3.57. The molecule has 4 rings (SSSR count). The number of halogens is 1. The van der Waals surface area contributed by atoms with Gasteiger partial charge in [0.2, 0.25) is 5.91 Å². The number of hydrogen-bond acceptors (Lipinski definition) is 2. The van der Waals surface area contributed by atoms with E-state index < -0.39 is 0 Å². The Kier molecular flexibility index (Phi) is 5.57.